The predicted molar refractivity (Wildman–Crippen MR) is 139 cm³/mol. The number of aliphatic hydroxyl groups is 1. The van der Waals surface area contributed by atoms with Gasteiger partial charge in [0.05, 0.1) is 23.1 Å². The van der Waals surface area contributed by atoms with Crippen LogP contribution in [0.25, 0.3) is 22.2 Å². The molecule has 3 heterocycles. The molecule has 0 radical (unpaired) electrons. The Labute approximate surface area is 203 Å². The van der Waals surface area contributed by atoms with Crippen molar-refractivity contribution in [3.05, 3.63) is 78.4 Å². The van der Waals surface area contributed by atoms with Gasteiger partial charge in [0.25, 0.3) is 0 Å². The lowest BCUT2D eigenvalue weighted by Gasteiger charge is -2.25. The summed E-state index contributed by atoms with van der Waals surface area (Å²) in [5.41, 5.74) is 4.85. The van der Waals surface area contributed by atoms with Gasteiger partial charge in [-0.1, -0.05) is 63.4 Å². The minimum atomic E-state index is -0.660. The summed E-state index contributed by atoms with van der Waals surface area (Å²) in [6.45, 7) is 6.03. The Morgan fingerprint density at radius 1 is 0.971 bits per heavy atom. The van der Waals surface area contributed by atoms with Crippen LogP contribution in [0.3, 0.4) is 0 Å². The number of aliphatic hydroxyl groups excluding tert-OH is 1. The van der Waals surface area contributed by atoms with Crippen molar-refractivity contribution in [2.75, 3.05) is 0 Å². The highest BCUT2D eigenvalue weighted by Gasteiger charge is 2.18. The second kappa shape index (κ2) is 13.0. The number of hydrogen-bond acceptors (Lipinski definition) is 5. The van der Waals surface area contributed by atoms with Crippen molar-refractivity contribution < 1.29 is 5.11 Å². The molecule has 2 N–H and O–H groups in total. The molecule has 1 fully saturated rings. The van der Waals surface area contributed by atoms with E-state index in [9.17, 15) is 5.11 Å². The summed E-state index contributed by atoms with van der Waals surface area (Å²) in [5, 5.41) is 18.8. The van der Waals surface area contributed by atoms with Gasteiger partial charge in [0.15, 0.2) is 0 Å². The molecular weight excluding hydrogens is 422 g/mol. The normalized spacial score (nSPS) is 14.5. The number of para-hydroxylation sites is 1. The van der Waals surface area contributed by atoms with Gasteiger partial charge in [-0.05, 0) is 43.5 Å². The number of benzene rings is 1. The molecule has 1 aliphatic carbocycles. The van der Waals surface area contributed by atoms with Crippen LogP contribution in [0, 0.1) is 6.92 Å². The van der Waals surface area contributed by atoms with Crippen molar-refractivity contribution in [2.45, 2.75) is 65.1 Å². The lowest BCUT2D eigenvalue weighted by atomic mass is 9.95. The summed E-state index contributed by atoms with van der Waals surface area (Å²) in [5.74, 6) is 0. The quantitative estimate of drug-likeness (QED) is 0.368. The highest BCUT2D eigenvalue weighted by molar-refractivity contribution is 5.78. The lowest BCUT2D eigenvalue weighted by molar-refractivity contribution is 0.110. The fraction of sp³-hybridized carbons (Fsp3) is 0.393. The van der Waals surface area contributed by atoms with Gasteiger partial charge in [-0.15, -0.1) is 0 Å². The van der Waals surface area contributed by atoms with Gasteiger partial charge >= 0.3 is 0 Å². The Morgan fingerprint density at radius 3 is 2.41 bits per heavy atom. The fourth-order valence-corrected chi connectivity index (χ4v) is 4.00. The van der Waals surface area contributed by atoms with Crippen molar-refractivity contribution in [3.63, 3.8) is 0 Å². The standard InChI is InChI=1S/C16H20N2O.C10H11N3.C2H6/c19-16(17-13-7-2-1-3-8-13)15-11-10-12-6-4-5-9-14(12)18-15;1-8-3-4-10(11-5-8)9-6-12-13(2)7-9;1-2/h4-6,9-11,13,16-17,19H,1-3,7-8H2;3-7H,1-2H3;1-2H3. The van der Waals surface area contributed by atoms with Gasteiger partial charge in [-0.25, -0.2) is 4.98 Å². The van der Waals surface area contributed by atoms with Crippen LogP contribution in [0.1, 0.15) is 63.4 Å². The maximum atomic E-state index is 10.3. The molecule has 3 aromatic heterocycles. The summed E-state index contributed by atoms with van der Waals surface area (Å²) >= 11 is 0. The van der Waals surface area contributed by atoms with Crippen LogP contribution in [0.5, 0.6) is 0 Å². The molecule has 0 amide bonds. The van der Waals surface area contributed by atoms with E-state index in [1.165, 1.54) is 24.8 Å². The summed E-state index contributed by atoms with van der Waals surface area (Å²) in [7, 11) is 1.90. The van der Waals surface area contributed by atoms with Crippen molar-refractivity contribution >= 4 is 10.9 Å². The Kier molecular flexibility index (Phi) is 9.74. The molecule has 0 spiro atoms. The molecule has 0 saturated heterocycles. The maximum Gasteiger partial charge on any atom is 0.148 e. The number of rotatable bonds is 4. The van der Waals surface area contributed by atoms with Crippen molar-refractivity contribution in [3.8, 4) is 11.3 Å². The number of nitrogens with one attached hydrogen (secondary N) is 1. The third-order valence-corrected chi connectivity index (χ3v) is 5.81. The average molecular weight is 460 g/mol. The first-order valence-corrected chi connectivity index (χ1v) is 12.3. The lowest BCUT2D eigenvalue weighted by Crippen LogP contribution is -2.34. The molecule has 4 aromatic rings. The van der Waals surface area contributed by atoms with Gasteiger partial charge in [0.2, 0.25) is 0 Å². The van der Waals surface area contributed by atoms with Gasteiger partial charge in [-0.3, -0.25) is 15.0 Å². The third kappa shape index (κ3) is 7.20. The molecule has 1 unspecified atom stereocenters. The number of fused-ring (bicyclic) bond motifs is 1. The summed E-state index contributed by atoms with van der Waals surface area (Å²) in [6, 6.07) is 16.4. The SMILES string of the molecule is CC.Cc1ccc(-c2cnn(C)c2)nc1.OC(NC1CCCCC1)c1ccc2ccccc2n1. The Balaban J connectivity index is 0.000000189. The van der Waals surface area contributed by atoms with Gasteiger partial charge in [0.1, 0.15) is 6.23 Å². The monoisotopic (exact) mass is 459 g/mol. The van der Waals surface area contributed by atoms with Crippen molar-refractivity contribution in [1.29, 1.82) is 0 Å². The number of aryl methyl sites for hydroxylation is 2. The highest BCUT2D eigenvalue weighted by atomic mass is 16.3. The molecule has 34 heavy (non-hydrogen) atoms. The maximum absolute atomic E-state index is 10.3. The summed E-state index contributed by atoms with van der Waals surface area (Å²) < 4.78 is 1.77. The van der Waals surface area contributed by atoms with Crippen LogP contribution >= 0.6 is 0 Å². The van der Waals surface area contributed by atoms with Crippen LogP contribution < -0.4 is 5.32 Å². The first kappa shape index (κ1) is 25.5. The zero-order chi connectivity index (χ0) is 24.3. The van der Waals surface area contributed by atoms with E-state index in [2.05, 4.69) is 26.4 Å². The van der Waals surface area contributed by atoms with Crippen LogP contribution in [0.2, 0.25) is 0 Å². The Bertz CT molecular complexity index is 1130. The molecular formula is C28H37N5O. The number of pyridine rings is 2. The van der Waals surface area contributed by atoms with E-state index in [1.54, 1.807) is 4.68 Å². The third-order valence-electron chi connectivity index (χ3n) is 5.81. The molecule has 6 nitrogen and oxygen atoms in total. The van der Waals surface area contributed by atoms with Crippen LogP contribution in [-0.4, -0.2) is 30.9 Å². The molecule has 1 saturated carbocycles. The second-order valence-corrected chi connectivity index (χ2v) is 8.46. The zero-order valence-electron chi connectivity index (χ0n) is 20.8. The molecule has 6 heteroatoms. The predicted octanol–water partition coefficient (Wildman–Crippen LogP) is 5.96. The number of hydrogen-bond donors (Lipinski definition) is 2. The van der Waals surface area contributed by atoms with Gasteiger partial charge < -0.3 is 5.11 Å². The van der Waals surface area contributed by atoms with E-state index in [-0.39, 0.29) is 0 Å². The molecule has 1 atom stereocenters. The van der Waals surface area contributed by atoms with E-state index in [1.807, 2.05) is 88.9 Å². The number of nitrogens with zero attached hydrogens (tertiary/aromatic N) is 4. The topological polar surface area (TPSA) is 75.9 Å². The average Bonchev–Trinajstić information content (AvgIpc) is 3.32. The molecule has 0 bridgehead atoms. The molecule has 5 rings (SSSR count). The van der Waals surface area contributed by atoms with Crippen LogP contribution in [-0.2, 0) is 7.05 Å². The number of aromatic nitrogens is 4. The van der Waals surface area contributed by atoms with Crippen molar-refractivity contribution in [1.82, 2.24) is 25.1 Å². The Morgan fingerprint density at radius 2 is 1.74 bits per heavy atom. The summed E-state index contributed by atoms with van der Waals surface area (Å²) in [6.07, 6.45) is 11.1. The summed E-state index contributed by atoms with van der Waals surface area (Å²) in [4.78, 5) is 8.84. The largest absolute Gasteiger partial charge is 0.373 e. The minimum Gasteiger partial charge on any atom is -0.373 e. The van der Waals surface area contributed by atoms with Crippen molar-refractivity contribution in [2.24, 2.45) is 7.05 Å². The van der Waals surface area contributed by atoms with Crippen LogP contribution in [0.15, 0.2) is 67.1 Å². The van der Waals surface area contributed by atoms with Crippen LogP contribution in [0.4, 0.5) is 0 Å². The Hall–Kier alpha value is -3.09. The fourth-order valence-electron chi connectivity index (χ4n) is 4.00. The van der Waals surface area contributed by atoms with E-state index < -0.39 is 6.23 Å². The van der Waals surface area contributed by atoms with E-state index >= 15 is 0 Å². The molecule has 1 aromatic carbocycles. The molecule has 1 aliphatic rings. The van der Waals surface area contributed by atoms with E-state index in [4.69, 9.17) is 0 Å². The van der Waals surface area contributed by atoms with E-state index in [0.29, 0.717) is 11.7 Å². The zero-order valence-corrected chi connectivity index (χ0v) is 20.8. The molecule has 180 valence electrons. The van der Waals surface area contributed by atoms with Gasteiger partial charge in [-0.2, -0.15) is 5.10 Å². The smallest absolute Gasteiger partial charge is 0.148 e. The first-order valence-electron chi connectivity index (χ1n) is 12.3. The second-order valence-electron chi connectivity index (χ2n) is 8.46. The first-order chi connectivity index (χ1) is 16.6. The van der Waals surface area contributed by atoms with Gasteiger partial charge in [0, 0.05) is 36.4 Å². The molecule has 0 aliphatic heterocycles. The van der Waals surface area contributed by atoms with E-state index in [0.717, 1.165) is 35.0 Å². The highest BCUT2D eigenvalue weighted by Crippen LogP contribution is 2.21. The minimum absolute atomic E-state index is 0.428.